The summed E-state index contributed by atoms with van der Waals surface area (Å²) in [4.78, 5) is 26.9. The Bertz CT molecular complexity index is 976. The maximum atomic E-state index is 12.9. The largest absolute Gasteiger partial charge is 0.490 e. The van der Waals surface area contributed by atoms with Crippen LogP contribution in [0.3, 0.4) is 0 Å². The first-order chi connectivity index (χ1) is 13.7. The normalized spacial score (nSPS) is 15.0. The van der Waals surface area contributed by atoms with E-state index < -0.39 is 11.4 Å². The summed E-state index contributed by atoms with van der Waals surface area (Å²) in [6.07, 6.45) is 1.65. The molecule has 0 saturated heterocycles. The number of nitrogens with one attached hydrogen (secondary N) is 2. The van der Waals surface area contributed by atoms with Gasteiger partial charge < -0.3 is 20.3 Å². The minimum Gasteiger partial charge on any atom is -0.490 e. The molecule has 0 spiro atoms. The van der Waals surface area contributed by atoms with Crippen molar-refractivity contribution in [1.29, 1.82) is 0 Å². The van der Waals surface area contributed by atoms with Crippen molar-refractivity contribution in [2.75, 3.05) is 28.7 Å². The summed E-state index contributed by atoms with van der Waals surface area (Å²) in [5.41, 5.74) is 0.903. The van der Waals surface area contributed by atoms with Crippen LogP contribution in [-0.4, -0.2) is 25.1 Å². The Morgan fingerprint density at radius 3 is 2.48 bits per heavy atom. The number of hydrogen-bond donors (Lipinski definition) is 2. The van der Waals surface area contributed by atoms with Crippen molar-refractivity contribution in [2.24, 2.45) is 5.41 Å². The first kappa shape index (κ1) is 21.0. The predicted molar refractivity (Wildman–Crippen MR) is 117 cm³/mol. The molecule has 1 aliphatic heterocycles. The van der Waals surface area contributed by atoms with Crippen molar-refractivity contribution in [3.63, 3.8) is 0 Å². The van der Waals surface area contributed by atoms with E-state index >= 15 is 0 Å². The van der Waals surface area contributed by atoms with E-state index in [1.54, 1.807) is 47.4 Å². The number of halogens is 2. The molecule has 0 unspecified atom stereocenters. The van der Waals surface area contributed by atoms with Gasteiger partial charge in [-0.15, -0.1) is 6.58 Å². The van der Waals surface area contributed by atoms with Gasteiger partial charge in [0.15, 0.2) is 0 Å². The van der Waals surface area contributed by atoms with Crippen LogP contribution >= 0.6 is 23.2 Å². The molecule has 0 fully saturated rings. The van der Waals surface area contributed by atoms with Gasteiger partial charge in [0.2, 0.25) is 5.91 Å². The fraction of sp³-hybridized carbons (Fsp3) is 0.238. The first-order valence-electron chi connectivity index (χ1n) is 8.94. The van der Waals surface area contributed by atoms with Gasteiger partial charge in [0.05, 0.1) is 21.1 Å². The summed E-state index contributed by atoms with van der Waals surface area (Å²) in [5, 5.41) is 6.18. The topological polar surface area (TPSA) is 70.7 Å². The Balaban J connectivity index is 1.83. The Morgan fingerprint density at radius 1 is 1.17 bits per heavy atom. The Labute approximate surface area is 179 Å². The third kappa shape index (κ3) is 4.66. The number of carbonyl (C=O) groups is 2. The quantitative estimate of drug-likeness (QED) is 0.618. The molecule has 6 nitrogen and oxygen atoms in total. The third-order valence-corrected chi connectivity index (χ3v) is 5.15. The summed E-state index contributed by atoms with van der Waals surface area (Å²) in [7, 11) is 0. The fourth-order valence-corrected chi connectivity index (χ4v) is 3.20. The molecule has 0 bridgehead atoms. The highest BCUT2D eigenvalue weighted by atomic mass is 35.5. The molecule has 0 saturated carbocycles. The van der Waals surface area contributed by atoms with Gasteiger partial charge in [-0.2, -0.15) is 0 Å². The van der Waals surface area contributed by atoms with E-state index in [2.05, 4.69) is 17.2 Å². The summed E-state index contributed by atoms with van der Waals surface area (Å²) < 4.78 is 5.84. The lowest BCUT2D eigenvalue weighted by Gasteiger charge is -2.27. The average molecular weight is 434 g/mol. The van der Waals surface area contributed by atoms with Crippen LogP contribution < -0.4 is 20.3 Å². The number of nitrogens with zero attached hydrogens (tertiary/aromatic N) is 1. The lowest BCUT2D eigenvalue weighted by molar-refractivity contribution is -0.127. The standard InChI is InChI=1S/C21H21Cl2N3O3/c1-4-9-26-17-11-14(6-8-18(17)29-12-21(2,3)19(26)27)25-20(28)24-13-5-7-15(22)16(23)10-13/h4-8,10-11H,1,9,12H2,2-3H3,(H2,24,25,28). The van der Waals surface area contributed by atoms with Gasteiger partial charge in [0.1, 0.15) is 12.4 Å². The van der Waals surface area contributed by atoms with Gasteiger partial charge in [0, 0.05) is 17.9 Å². The molecule has 3 amide bonds. The van der Waals surface area contributed by atoms with E-state index in [1.807, 2.05) is 13.8 Å². The number of hydrogen-bond acceptors (Lipinski definition) is 3. The molecular formula is C21H21Cl2N3O3. The van der Waals surface area contributed by atoms with Gasteiger partial charge in [-0.3, -0.25) is 4.79 Å². The number of anilines is 3. The van der Waals surface area contributed by atoms with Gasteiger partial charge in [0.25, 0.3) is 0 Å². The molecule has 0 radical (unpaired) electrons. The van der Waals surface area contributed by atoms with E-state index in [9.17, 15) is 9.59 Å². The number of carbonyl (C=O) groups excluding carboxylic acids is 2. The highest BCUT2D eigenvalue weighted by Crippen LogP contribution is 2.38. The smallest absolute Gasteiger partial charge is 0.323 e. The van der Waals surface area contributed by atoms with Crippen molar-refractivity contribution < 1.29 is 14.3 Å². The maximum absolute atomic E-state index is 12.9. The predicted octanol–water partition coefficient (Wildman–Crippen LogP) is 5.58. The summed E-state index contributed by atoms with van der Waals surface area (Å²) in [6, 6.07) is 9.48. The highest BCUT2D eigenvalue weighted by Gasteiger charge is 2.37. The van der Waals surface area contributed by atoms with Crippen molar-refractivity contribution in [3.05, 3.63) is 59.1 Å². The molecule has 2 aromatic rings. The van der Waals surface area contributed by atoms with Crippen LogP contribution in [0.25, 0.3) is 0 Å². The van der Waals surface area contributed by atoms with Gasteiger partial charge >= 0.3 is 6.03 Å². The van der Waals surface area contributed by atoms with Crippen molar-refractivity contribution >= 4 is 52.2 Å². The molecule has 8 heteroatoms. The second-order valence-corrected chi connectivity index (χ2v) is 8.08. The second kappa shape index (κ2) is 8.35. The molecule has 2 N–H and O–H groups in total. The van der Waals surface area contributed by atoms with Crippen molar-refractivity contribution in [2.45, 2.75) is 13.8 Å². The van der Waals surface area contributed by atoms with Gasteiger partial charge in [-0.1, -0.05) is 29.3 Å². The first-order valence-corrected chi connectivity index (χ1v) is 9.69. The Kier molecular flexibility index (Phi) is 6.05. The molecule has 0 aromatic heterocycles. The van der Waals surface area contributed by atoms with Crippen LogP contribution in [0.5, 0.6) is 5.75 Å². The van der Waals surface area contributed by atoms with E-state index in [1.165, 1.54) is 0 Å². The minimum atomic E-state index is -0.680. The zero-order valence-electron chi connectivity index (χ0n) is 16.1. The lowest BCUT2D eigenvalue weighted by atomic mass is 9.93. The van der Waals surface area contributed by atoms with Crippen LogP contribution in [0.1, 0.15) is 13.8 Å². The van der Waals surface area contributed by atoms with Crippen LogP contribution in [0.2, 0.25) is 10.0 Å². The maximum Gasteiger partial charge on any atom is 0.323 e. The Hall–Kier alpha value is -2.70. The molecule has 29 heavy (non-hydrogen) atoms. The fourth-order valence-electron chi connectivity index (χ4n) is 2.90. The SMILES string of the molecule is C=CCN1C(=O)C(C)(C)COc2ccc(NC(=O)Nc3ccc(Cl)c(Cl)c3)cc21. The number of fused-ring (bicyclic) bond motifs is 1. The summed E-state index contributed by atoms with van der Waals surface area (Å²) in [5.74, 6) is 0.495. The van der Waals surface area contributed by atoms with Crippen molar-refractivity contribution in [1.82, 2.24) is 0 Å². The molecule has 1 heterocycles. The average Bonchev–Trinajstić information content (AvgIpc) is 2.75. The third-order valence-electron chi connectivity index (χ3n) is 4.41. The minimum absolute atomic E-state index is 0.0754. The molecule has 2 aromatic carbocycles. The molecule has 0 aliphatic carbocycles. The molecule has 152 valence electrons. The number of rotatable bonds is 4. The van der Waals surface area contributed by atoms with E-state index in [0.29, 0.717) is 39.4 Å². The van der Waals surface area contributed by atoms with Gasteiger partial charge in [-0.25, -0.2) is 4.79 Å². The van der Waals surface area contributed by atoms with E-state index in [0.717, 1.165) is 0 Å². The van der Waals surface area contributed by atoms with Crippen LogP contribution in [0, 0.1) is 5.41 Å². The van der Waals surface area contributed by atoms with Crippen molar-refractivity contribution in [3.8, 4) is 5.75 Å². The second-order valence-electron chi connectivity index (χ2n) is 7.27. The van der Waals surface area contributed by atoms with Crippen LogP contribution in [0.15, 0.2) is 49.1 Å². The zero-order valence-corrected chi connectivity index (χ0v) is 17.6. The molecule has 1 aliphatic rings. The van der Waals surface area contributed by atoms with Crippen LogP contribution in [0.4, 0.5) is 21.9 Å². The lowest BCUT2D eigenvalue weighted by Crippen LogP contribution is -2.42. The molecule has 0 atom stereocenters. The molecule has 3 rings (SSSR count). The molecular weight excluding hydrogens is 413 g/mol. The highest BCUT2D eigenvalue weighted by molar-refractivity contribution is 6.42. The zero-order chi connectivity index (χ0) is 21.2. The monoisotopic (exact) mass is 433 g/mol. The summed E-state index contributed by atoms with van der Waals surface area (Å²) >= 11 is 11.9. The number of ether oxygens (including phenoxy) is 1. The number of benzene rings is 2. The van der Waals surface area contributed by atoms with E-state index in [4.69, 9.17) is 27.9 Å². The summed E-state index contributed by atoms with van der Waals surface area (Å²) in [6.45, 7) is 8.00. The van der Waals surface area contributed by atoms with Crippen LogP contribution in [-0.2, 0) is 4.79 Å². The van der Waals surface area contributed by atoms with E-state index in [-0.39, 0.29) is 12.5 Å². The Morgan fingerprint density at radius 2 is 1.83 bits per heavy atom. The number of urea groups is 1. The van der Waals surface area contributed by atoms with Gasteiger partial charge in [-0.05, 0) is 50.2 Å². The number of amides is 3.